The minimum Gasteiger partial charge on any atom is -0.396 e. The number of carbonyl (C=O) groups is 1. The molecule has 13 heavy (non-hydrogen) atoms. The number of aliphatic hydroxyl groups excluding tert-OH is 1. The van der Waals surface area contributed by atoms with Crippen LogP contribution in [0.1, 0.15) is 20.3 Å². The SMILES string of the molecule is CC(C)=CC(=O)N1CCC(CO)C1. The molecule has 1 atom stereocenters. The van der Waals surface area contributed by atoms with Gasteiger partial charge in [-0.2, -0.15) is 0 Å². The number of likely N-dealkylation sites (tertiary alicyclic amines) is 1. The Bertz CT molecular complexity index is 219. The Hall–Kier alpha value is -0.830. The molecule has 1 N–H and O–H groups in total. The number of nitrogens with zero attached hydrogens (tertiary/aromatic N) is 1. The summed E-state index contributed by atoms with van der Waals surface area (Å²) in [5, 5.41) is 8.89. The molecule has 0 aromatic rings. The number of aliphatic hydroxyl groups is 1. The topological polar surface area (TPSA) is 40.5 Å². The largest absolute Gasteiger partial charge is 0.396 e. The summed E-state index contributed by atoms with van der Waals surface area (Å²) in [6.07, 6.45) is 2.58. The van der Waals surface area contributed by atoms with Gasteiger partial charge in [-0.15, -0.1) is 0 Å². The highest BCUT2D eigenvalue weighted by Crippen LogP contribution is 2.15. The Morgan fingerprint density at radius 2 is 2.31 bits per heavy atom. The molecular formula is C10H17NO2. The van der Waals surface area contributed by atoms with E-state index in [0.29, 0.717) is 6.54 Å². The van der Waals surface area contributed by atoms with Gasteiger partial charge in [-0.1, -0.05) is 5.57 Å². The number of amides is 1. The molecule has 3 nitrogen and oxygen atoms in total. The van der Waals surface area contributed by atoms with Crippen LogP contribution in [0.5, 0.6) is 0 Å². The van der Waals surface area contributed by atoms with Crippen molar-refractivity contribution in [2.75, 3.05) is 19.7 Å². The molecule has 1 fully saturated rings. The van der Waals surface area contributed by atoms with E-state index in [4.69, 9.17) is 5.11 Å². The molecule has 1 amide bonds. The van der Waals surface area contributed by atoms with Crippen molar-refractivity contribution in [3.05, 3.63) is 11.6 Å². The Morgan fingerprint density at radius 1 is 1.62 bits per heavy atom. The highest BCUT2D eigenvalue weighted by Gasteiger charge is 2.24. The third kappa shape index (κ3) is 2.84. The summed E-state index contributed by atoms with van der Waals surface area (Å²) in [6.45, 7) is 5.51. The molecule has 1 aliphatic rings. The van der Waals surface area contributed by atoms with Crippen LogP contribution in [0.25, 0.3) is 0 Å². The van der Waals surface area contributed by atoms with Crippen LogP contribution in [0.3, 0.4) is 0 Å². The fourth-order valence-electron chi connectivity index (χ4n) is 1.52. The Morgan fingerprint density at radius 3 is 2.77 bits per heavy atom. The molecule has 0 bridgehead atoms. The van der Waals surface area contributed by atoms with Gasteiger partial charge in [-0.05, 0) is 20.3 Å². The Labute approximate surface area is 79.0 Å². The van der Waals surface area contributed by atoms with Crippen LogP contribution in [-0.2, 0) is 4.79 Å². The van der Waals surface area contributed by atoms with Gasteiger partial charge in [0.25, 0.3) is 0 Å². The van der Waals surface area contributed by atoms with Crippen molar-refractivity contribution in [3.8, 4) is 0 Å². The van der Waals surface area contributed by atoms with Crippen LogP contribution in [0.4, 0.5) is 0 Å². The van der Waals surface area contributed by atoms with Crippen molar-refractivity contribution in [1.82, 2.24) is 4.90 Å². The van der Waals surface area contributed by atoms with E-state index in [1.807, 2.05) is 13.8 Å². The molecule has 0 aromatic carbocycles. The first kappa shape index (κ1) is 10.3. The third-order valence-corrected chi connectivity index (χ3v) is 2.27. The predicted octanol–water partition coefficient (Wildman–Crippen LogP) is 0.793. The third-order valence-electron chi connectivity index (χ3n) is 2.27. The number of hydrogen-bond acceptors (Lipinski definition) is 2. The summed E-state index contributed by atoms with van der Waals surface area (Å²) in [5.41, 5.74) is 1.03. The smallest absolute Gasteiger partial charge is 0.246 e. The summed E-state index contributed by atoms with van der Waals surface area (Å²) >= 11 is 0. The zero-order valence-corrected chi connectivity index (χ0v) is 8.29. The fourth-order valence-corrected chi connectivity index (χ4v) is 1.52. The minimum atomic E-state index is 0.0796. The van der Waals surface area contributed by atoms with Crippen molar-refractivity contribution in [2.24, 2.45) is 5.92 Å². The highest BCUT2D eigenvalue weighted by molar-refractivity contribution is 5.88. The lowest BCUT2D eigenvalue weighted by molar-refractivity contribution is -0.125. The van der Waals surface area contributed by atoms with Gasteiger partial charge in [-0.3, -0.25) is 4.79 Å². The van der Waals surface area contributed by atoms with Gasteiger partial charge in [0.05, 0.1) is 0 Å². The van der Waals surface area contributed by atoms with E-state index < -0.39 is 0 Å². The lowest BCUT2D eigenvalue weighted by Gasteiger charge is -2.13. The van der Waals surface area contributed by atoms with E-state index in [9.17, 15) is 4.79 Å². The number of allylic oxidation sites excluding steroid dienone is 1. The Kier molecular flexibility index (Phi) is 3.48. The summed E-state index contributed by atoms with van der Waals surface area (Å²) in [4.78, 5) is 13.3. The maximum atomic E-state index is 11.5. The molecule has 0 radical (unpaired) electrons. The average Bonchev–Trinajstić information content (AvgIpc) is 2.50. The second kappa shape index (κ2) is 4.42. The van der Waals surface area contributed by atoms with Gasteiger partial charge >= 0.3 is 0 Å². The van der Waals surface area contributed by atoms with Crippen molar-refractivity contribution in [3.63, 3.8) is 0 Å². The van der Waals surface area contributed by atoms with Crippen LogP contribution in [0, 0.1) is 5.92 Å². The second-order valence-corrected chi connectivity index (χ2v) is 3.84. The van der Waals surface area contributed by atoms with Crippen molar-refractivity contribution >= 4 is 5.91 Å². The van der Waals surface area contributed by atoms with Gasteiger partial charge in [0, 0.05) is 31.7 Å². The molecule has 0 saturated carbocycles. The first-order valence-corrected chi connectivity index (χ1v) is 4.68. The first-order chi connectivity index (χ1) is 6.13. The van der Waals surface area contributed by atoms with E-state index >= 15 is 0 Å². The van der Waals surface area contributed by atoms with Crippen molar-refractivity contribution < 1.29 is 9.90 Å². The second-order valence-electron chi connectivity index (χ2n) is 3.84. The van der Waals surface area contributed by atoms with E-state index in [1.165, 1.54) is 0 Å². The van der Waals surface area contributed by atoms with Crippen LogP contribution < -0.4 is 0 Å². The molecule has 0 aliphatic carbocycles. The fraction of sp³-hybridized carbons (Fsp3) is 0.700. The Balaban J connectivity index is 2.47. The van der Waals surface area contributed by atoms with Gasteiger partial charge in [0.2, 0.25) is 5.91 Å². The number of hydrogen-bond donors (Lipinski definition) is 1. The molecule has 1 aliphatic heterocycles. The number of carbonyl (C=O) groups excluding carboxylic acids is 1. The quantitative estimate of drug-likeness (QED) is 0.643. The van der Waals surface area contributed by atoms with Crippen molar-refractivity contribution in [1.29, 1.82) is 0 Å². The maximum absolute atomic E-state index is 11.5. The molecule has 1 saturated heterocycles. The number of rotatable bonds is 2. The summed E-state index contributed by atoms with van der Waals surface area (Å²) in [7, 11) is 0. The van der Waals surface area contributed by atoms with E-state index in [1.54, 1.807) is 11.0 Å². The lowest BCUT2D eigenvalue weighted by atomic mass is 10.1. The summed E-state index contributed by atoms with van der Waals surface area (Å²) < 4.78 is 0. The predicted molar refractivity (Wildman–Crippen MR) is 51.2 cm³/mol. The van der Waals surface area contributed by atoms with Gasteiger partial charge in [0.15, 0.2) is 0 Å². The molecule has 3 heteroatoms. The molecule has 1 heterocycles. The lowest BCUT2D eigenvalue weighted by Crippen LogP contribution is -2.27. The van der Waals surface area contributed by atoms with E-state index in [2.05, 4.69) is 0 Å². The molecule has 1 unspecified atom stereocenters. The maximum Gasteiger partial charge on any atom is 0.246 e. The average molecular weight is 183 g/mol. The van der Waals surface area contributed by atoms with E-state index in [0.717, 1.165) is 18.5 Å². The minimum absolute atomic E-state index is 0.0796. The highest BCUT2D eigenvalue weighted by atomic mass is 16.3. The first-order valence-electron chi connectivity index (χ1n) is 4.68. The standard InChI is InChI=1S/C10H17NO2/c1-8(2)5-10(13)11-4-3-9(6-11)7-12/h5,9,12H,3-4,6-7H2,1-2H3. The van der Waals surface area contributed by atoms with Crippen molar-refractivity contribution in [2.45, 2.75) is 20.3 Å². The van der Waals surface area contributed by atoms with Gasteiger partial charge in [0.1, 0.15) is 0 Å². The molecule has 1 rings (SSSR count). The van der Waals surface area contributed by atoms with Gasteiger partial charge < -0.3 is 10.0 Å². The molecule has 74 valence electrons. The van der Waals surface area contributed by atoms with Crippen LogP contribution >= 0.6 is 0 Å². The summed E-state index contributed by atoms with van der Waals surface area (Å²) in [5.74, 6) is 0.366. The van der Waals surface area contributed by atoms with Gasteiger partial charge in [-0.25, -0.2) is 0 Å². The molecule has 0 aromatic heterocycles. The zero-order chi connectivity index (χ0) is 9.84. The molecule has 0 spiro atoms. The monoisotopic (exact) mass is 183 g/mol. The molecular weight excluding hydrogens is 166 g/mol. The normalized spacial score (nSPS) is 21.8. The summed E-state index contributed by atoms with van der Waals surface area (Å²) in [6, 6.07) is 0. The van der Waals surface area contributed by atoms with Crippen LogP contribution in [0.15, 0.2) is 11.6 Å². The zero-order valence-electron chi connectivity index (χ0n) is 8.29. The van der Waals surface area contributed by atoms with E-state index in [-0.39, 0.29) is 18.4 Å². The van der Waals surface area contributed by atoms with Crippen LogP contribution in [-0.4, -0.2) is 35.6 Å². The van der Waals surface area contributed by atoms with Crippen LogP contribution in [0.2, 0.25) is 0 Å².